The minimum absolute atomic E-state index is 0.0155. The minimum atomic E-state index is -3.12. The fraction of sp³-hybridized carbons (Fsp3) is 0.462. The van der Waals surface area contributed by atoms with Gasteiger partial charge in [0.25, 0.3) is 0 Å². The van der Waals surface area contributed by atoms with Gasteiger partial charge in [-0.05, 0) is 31.1 Å². The Morgan fingerprint density at radius 2 is 2.15 bits per heavy atom. The van der Waals surface area contributed by atoms with Crippen LogP contribution in [-0.4, -0.2) is 44.0 Å². The Morgan fingerprint density at radius 3 is 2.70 bits per heavy atom. The Kier molecular flexibility index (Phi) is 4.61. The number of sulfonamides is 1. The van der Waals surface area contributed by atoms with Crippen LogP contribution in [0.4, 0.5) is 0 Å². The summed E-state index contributed by atoms with van der Waals surface area (Å²) in [5.41, 5.74) is 0. The van der Waals surface area contributed by atoms with E-state index in [-0.39, 0.29) is 11.9 Å². The molecule has 0 spiro atoms. The molecule has 0 radical (unpaired) electrons. The molecule has 6 nitrogen and oxygen atoms in total. The summed E-state index contributed by atoms with van der Waals surface area (Å²) in [5.74, 6) is 0.422. The number of piperidine rings is 1. The molecule has 2 rings (SSSR count). The van der Waals surface area contributed by atoms with Crippen molar-refractivity contribution in [1.29, 1.82) is 0 Å². The molecule has 0 unspecified atom stereocenters. The van der Waals surface area contributed by atoms with Gasteiger partial charge in [0.05, 0.1) is 12.5 Å². The van der Waals surface area contributed by atoms with Gasteiger partial charge in [-0.2, -0.15) is 0 Å². The lowest BCUT2D eigenvalue weighted by Gasteiger charge is -2.30. The summed E-state index contributed by atoms with van der Waals surface area (Å²) in [6, 6.07) is 3.52. The number of hydrogen-bond acceptors (Lipinski definition) is 4. The largest absolute Gasteiger partial charge is 0.465 e. The highest BCUT2D eigenvalue weighted by Crippen LogP contribution is 2.13. The van der Waals surface area contributed by atoms with E-state index in [4.69, 9.17) is 4.42 Å². The third kappa shape index (κ3) is 4.21. The highest BCUT2D eigenvalue weighted by atomic mass is 32.2. The van der Waals surface area contributed by atoms with Gasteiger partial charge in [-0.3, -0.25) is 4.79 Å². The lowest BCUT2D eigenvalue weighted by molar-refractivity contribution is -0.117. The molecule has 0 bridgehead atoms. The van der Waals surface area contributed by atoms with Crippen molar-refractivity contribution in [2.45, 2.75) is 18.9 Å². The zero-order valence-corrected chi connectivity index (χ0v) is 12.1. The molecule has 0 aliphatic carbocycles. The number of nitrogens with one attached hydrogen (secondary N) is 1. The van der Waals surface area contributed by atoms with Crippen LogP contribution < -0.4 is 5.32 Å². The number of carbonyl (C=O) groups excluding carboxylic acids is 1. The Hall–Kier alpha value is -1.60. The number of hydrogen-bond donors (Lipinski definition) is 1. The van der Waals surface area contributed by atoms with E-state index >= 15 is 0 Å². The van der Waals surface area contributed by atoms with Crippen LogP contribution >= 0.6 is 0 Å². The van der Waals surface area contributed by atoms with Crippen LogP contribution in [0.5, 0.6) is 0 Å². The van der Waals surface area contributed by atoms with E-state index in [1.807, 2.05) is 0 Å². The predicted molar refractivity (Wildman–Crippen MR) is 75.3 cm³/mol. The molecule has 7 heteroatoms. The Morgan fingerprint density at radius 1 is 1.45 bits per heavy atom. The molecular weight excluding hydrogens is 280 g/mol. The Bertz CT molecular complexity index is 570. The topological polar surface area (TPSA) is 79.6 Å². The molecule has 1 amide bonds. The van der Waals surface area contributed by atoms with Gasteiger partial charge in [0.2, 0.25) is 15.9 Å². The minimum Gasteiger partial charge on any atom is -0.465 e. The third-order valence-corrected chi connectivity index (χ3v) is 4.51. The van der Waals surface area contributed by atoms with Crippen LogP contribution in [0, 0.1) is 0 Å². The zero-order chi connectivity index (χ0) is 14.6. The predicted octanol–water partition coefficient (Wildman–Crippen LogP) is 0.833. The van der Waals surface area contributed by atoms with Gasteiger partial charge in [-0.1, -0.05) is 0 Å². The number of carbonyl (C=O) groups is 1. The van der Waals surface area contributed by atoms with Crippen molar-refractivity contribution in [2.24, 2.45) is 0 Å². The first-order valence-corrected chi connectivity index (χ1v) is 8.27. The van der Waals surface area contributed by atoms with Crippen LogP contribution in [0.3, 0.4) is 0 Å². The van der Waals surface area contributed by atoms with Gasteiger partial charge in [0, 0.05) is 25.2 Å². The maximum Gasteiger partial charge on any atom is 0.244 e. The van der Waals surface area contributed by atoms with Crippen LogP contribution in [0.2, 0.25) is 0 Å². The average molecular weight is 298 g/mol. The summed E-state index contributed by atoms with van der Waals surface area (Å²) in [7, 11) is -3.12. The number of nitrogens with zero attached hydrogens (tertiary/aromatic N) is 1. The maximum absolute atomic E-state index is 11.7. The van der Waals surface area contributed by atoms with E-state index in [1.54, 1.807) is 24.5 Å². The van der Waals surface area contributed by atoms with Crippen LogP contribution in [0.25, 0.3) is 6.08 Å². The van der Waals surface area contributed by atoms with Crippen molar-refractivity contribution in [3.63, 3.8) is 0 Å². The summed E-state index contributed by atoms with van der Waals surface area (Å²) in [6.07, 6.45) is 7.03. The van der Waals surface area contributed by atoms with Crippen molar-refractivity contribution in [2.75, 3.05) is 19.3 Å². The second kappa shape index (κ2) is 6.23. The fourth-order valence-corrected chi connectivity index (χ4v) is 3.00. The molecule has 1 aromatic rings. The fourth-order valence-electron chi connectivity index (χ4n) is 2.12. The normalized spacial score (nSPS) is 18.4. The van der Waals surface area contributed by atoms with E-state index in [9.17, 15) is 13.2 Å². The van der Waals surface area contributed by atoms with Gasteiger partial charge in [0.1, 0.15) is 5.76 Å². The van der Waals surface area contributed by atoms with Crippen LogP contribution in [-0.2, 0) is 14.8 Å². The highest BCUT2D eigenvalue weighted by Gasteiger charge is 2.25. The molecule has 0 atom stereocenters. The molecule has 2 heterocycles. The first-order valence-electron chi connectivity index (χ1n) is 6.42. The molecule has 1 fully saturated rings. The molecule has 1 aliphatic rings. The SMILES string of the molecule is CS(=O)(=O)N1CCC(NC(=O)/C=C/c2ccco2)CC1. The average Bonchev–Trinajstić information content (AvgIpc) is 2.89. The van der Waals surface area contributed by atoms with Gasteiger partial charge in [-0.15, -0.1) is 0 Å². The first kappa shape index (κ1) is 14.8. The van der Waals surface area contributed by atoms with Crippen molar-refractivity contribution in [3.05, 3.63) is 30.2 Å². The second-order valence-electron chi connectivity index (χ2n) is 4.79. The Balaban J connectivity index is 1.79. The number of rotatable bonds is 4. The van der Waals surface area contributed by atoms with Gasteiger partial charge in [0.15, 0.2) is 0 Å². The van der Waals surface area contributed by atoms with Gasteiger partial charge >= 0.3 is 0 Å². The number of furan rings is 1. The maximum atomic E-state index is 11.7. The lowest BCUT2D eigenvalue weighted by Crippen LogP contribution is -2.45. The summed E-state index contributed by atoms with van der Waals surface area (Å²) >= 11 is 0. The highest BCUT2D eigenvalue weighted by molar-refractivity contribution is 7.88. The van der Waals surface area contributed by atoms with Crippen molar-refractivity contribution < 1.29 is 17.6 Å². The quantitative estimate of drug-likeness (QED) is 0.835. The molecule has 1 aliphatic heterocycles. The van der Waals surface area contributed by atoms with E-state index in [0.29, 0.717) is 31.7 Å². The summed E-state index contributed by atoms with van der Waals surface area (Å²) in [6.45, 7) is 0.900. The molecule has 0 saturated carbocycles. The van der Waals surface area contributed by atoms with Gasteiger partial charge in [-0.25, -0.2) is 12.7 Å². The lowest BCUT2D eigenvalue weighted by atomic mass is 10.1. The van der Waals surface area contributed by atoms with Crippen molar-refractivity contribution in [1.82, 2.24) is 9.62 Å². The standard InChI is InChI=1S/C13H18N2O4S/c1-20(17,18)15-8-6-11(7-9-15)14-13(16)5-4-12-3-2-10-19-12/h2-5,10-11H,6-9H2,1H3,(H,14,16)/b5-4+. The monoisotopic (exact) mass is 298 g/mol. The van der Waals surface area contributed by atoms with Crippen LogP contribution in [0.1, 0.15) is 18.6 Å². The van der Waals surface area contributed by atoms with Crippen molar-refractivity contribution >= 4 is 22.0 Å². The van der Waals surface area contributed by atoms with Gasteiger partial charge < -0.3 is 9.73 Å². The summed E-state index contributed by atoms with van der Waals surface area (Å²) in [5, 5.41) is 2.86. The molecule has 1 aromatic heterocycles. The van der Waals surface area contributed by atoms with Crippen molar-refractivity contribution in [3.8, 4) is 0 Å². The van der Waals surface area contributed by atoms with E-state index in [0.717, 1.165) is 0 Å². The molecule has 110 valence electrons. The van der Waals surface area contributed by atoms with E-state index in [1.165, 1.54) is 16.6 Å². The molecule has 1 saturated heterocycles. The molecule has 1 N–H and O–H groups in total. The Labute approximate surface area is 118 Å². The zero-order valence-electron chi connectivity index (χ0n) is 11.3. The summed E-state index contributed by atoms with van der Waals surface area (Å²) < 4.78 is 29.3. The van der Waals surface area contributed by atoms with E-state index < -0.39 is 10.0 Å². The second-order valence-corrected chi connectivity index (χ2v) is 6.78. The summed E-state index contributed by atoms with van der Waals surface area (Å²) in [4.78, 5) is 11.7. The van der Waals surface area contributed by atoms with E-state index in [2.05, 4.69) is 5.32 Å². The smallest absolute Gasteiger partial charge is 0.244 e. The number of amides is 1. The third-order valence-electron chi connectivity index (χ3n) is 3.21. The molecule has 20 heavy (non-hydrogen) atoms. The van der Waals surface area contributed by atoms with Crippen LogP contribution in [0.15, 0.2) is 28.9 Å². The first-order chi connectivity index (χ1) is 9.45. The molecule has 0 aromatic carbocycles. The molecular formula is C13H18N2O4S.